The highest BCUT2D eigenvalue weighted by molar-refractivity contribution is 7.22. The molecule has 4 aromatic rings. The first kappa shape index (κ1) is 32.2. The van der Waals surface area contributed by atoms with Gasteiger partial charge in [-0.1, -0.05) is 6.07 Å². The highest BCUT2D eigenvalue weighted by atomic mass is 32.1. The molecule has 0 radical (unpaired) electrons. The van der Waals surface area contributed by atoms with Crippen molar-refractivity contribution in [1.29, 1.82) is 0 Å². The highest BCUT2D eigenvalue weighted by Crippen LogP contribution is 2.39. The number of amides is 2. The predicted octanol–water partition coefficient (Wildman–Crippen LogP) is 5.83. The second-order valence-electron chi connectivity index (χ2n) is 12.1. The minimum Gasteiger partial charge on any atom is -0.456 e. The molecule has 0 atom stereocenters. The van der Waals surface area contributed by atoms with Crippen LogP contribution in [0.5, 0.6) is 11.5 Å². The quantitative estimate of drug-likeness (QED) is 0.185. The van der Waals surface area contributed by atoms with Crippen LogP contribution in [0, 0.1) is 11.7 Å². The Morgan fingerprint density at radius 2 is 1.79 bits per heavy atom. The molecule has 0 spiro atoms. The summed E-state index contributed by atoms with van der Waals surface area (Å²) in [7, 11) is 1.69. The molecule has 1 aliphatic heterocycles. The van der Waals surface area contributed by atoms with Gasteiger partial charge in [-0.25, -0.2) is 4.39 Å². The standard InChI is InChI=1S/C35H35FN4O6S/c1-21(41)45-20-33(43)39(2)25-10-13-40(14-11-25)35(44)24-6-7-28(38-19-24)32-18-29-34(47-32)31(9-12-37-29)46-30-8-5-23(17-27(30)36)16-26(42)15-22-3-4-22/h5-9,12,17-19,22,25H,3-4,10-11,13-16,20H2,1-2H3. The first-order valence-corrected chi connectivity index (χ1v) is 16.5. The van der Waals surface area contributed by atoms with Crippen LogP contribution in [0.2, 0.25) is 0 Å². The maximum Gasteiger partial charge on any atom is 0.303 e. The highest BCUT2D eigenvalue weighted by Gasteiger charge is 2.29. The van der Waals surface area contributed by atoms with Crippen molar-refractivity contribution < 1.29 is 33.0 Å². The number of ketones is 1. The van der Waals surface area contributed by atoms with E-state index in [0.29, 0.717) is 66.4 Å². The second-order valence-corrected chi connectivity index (χ2v) is 13.2. The van der Waals surface area contributed by atoms with E-state index in [1.807, 2.05) is 6.07 Å². The molecule has 1 aromatic carbocycles. The summed E-state index contributed by atoms with van der Waals surface area (Å²) in [6.07, 6.45) is 7.38. The van der Waals surface area contributed by atoms with Gasteiger partial charge in [-0.05, 0) is 67.5 Å². The van der Waals surface area contributed by atoms with Gasteiger partial charge in [-0.2, -0.15) is 0 Å². The summed E-state index contributed by atoms with van der Waals surface area (Å²) in [4.78, 5) is 61.9. The number of likely N-dealkylation sites (N-methyl/N-ethyl adjacent to an activating group) is 1. The first-order chi connectivity index (χ1) is 22.6. The van der Waals surface area contributed by atoms with Crippen LogP contribution in [0.4, 0.5) is 4.39 Å². The fraction of sp³-hybridized carbons (Fsp3) is 0.371. The summed E-state index contributed by atoms with van der Waals surface area (Å²) in [5, 5.41) is 0. The minimum atomic E-state index is -0.533. The lowest BCUT2D eigenvalue weighted by atomic mass is 10.0. The Kier molecular flexibility index (Phi) is 9.58. The van der Waals surface area contributed by atoms with Gasteiger partial charge in [0.15, 0.2) is 18.2 Å². The lowest BCUT2D eigenvalue weighted by Crippen LogP contribution is -2.48. The Hall–Kier alpha value is -4.71. The number of rotatable bonds is 11. The van der Waals surface area contributed by atoms with E-state index in [9.17, 15) is 23.6 Å². The zero-order chi connectivity index (χ0) is 33.1. The van der Waals surface area contributed by atoms with Crippen LogP contribution in [0.3, 0.4) is 0 Å². The van der Waals surface area contributed by atoms with Crippen LogP contribution in [-0.2, 0) is 25.5 Å². The van der Waals surface area contributed by atoms with Gasteiger partial charge in [0.25, 0.3) is 11.8 Å². The molecule has 1 saturated carbocycles. The molecule has 12 heteroatoms. The van der Waals surface area contributed by atoms with Crippen molar-refractivity contribution in [1.82, 2.24) is 19.8 Å². The van der Waals surface area contributed by atoms with Crippen molar-refractivity contribution in [3.63, 3.8) is 0 Å². The smallest absolute Gasteiger partial charge is 0.303 e. The van der Waals surface area contributed by atoms with E-state index in [2.05, 4.69) is 9.97 Å². The zero-order valence-electron chi connectivity index (χ0n) is 26.2. The van der Waals surface area contributed by atoms with Crippen molar-refractivity contribution in [2.45, 2.75) is 51.5 Å². The number of carbonyl (C=O) groups excluding carboxylic acids is 4. The van der Waals surface area contributed by atoms with Gasteiger partial charge in [-0.3, -0.25) is 29.1 Å². The fourth-order valence-corrected chi connectivity index (χ4v) is 6.74. The number of carbonyl (C=O) groups is 4. The van der Waals surface area contributed by atoms with Crippen molar-refractivity contribution >= 4 is 45.1 Å². The summed E-state index contributed by atoms with van der Waals surface area (Å²) in [6.45, 7) is 1.95. The minimum absolute atomic E-state index is 0.0406. The van der Waals surface area contributed by atoms with Crippen LogP contribution in [0.15, 0.2) is 54.9 Å². The number of halogens is 1. The third-order valence-corrected chi connectivity index (χ3v) is 9.72. The lowest BCUT2D eigenvalue weighted by Gasteiger charge is -2.36. The maximum absolute atomic E-state index is 15.0. The third-order valence-electron chi connectivity index (χ3n) is 8.56. The van der Waals surface area contributed by atoms with Crippen LogP contribution >= 0.6 is 11.3 Å². The number of fused-ring (bicyclic) bond motifs is 1. The average molecular weight is 659 g/mol. The molecule has 0 N–H and O–H groups in total. The van der Waals surface area contributed by atoms with Gasteiger partial charge in [-0.15, -0.1) is 11.3 Å². The molecular formula is C35H35FN4O6S. The van der Waals surface area contributed by atoms with Crippen molar-refractivity contribution in [3.8, 4) is 22.1 Å². The molecule has 3 aromatic heterocycles. The summed E-state index contributed by atoms with van der Waals surface area (Å²) in [5.41, 5.74) is 2.43. The molecule has 1 saturated heterocycles. The largest absolute Gasteiger partial charge is 0.456 e. The number of nitrogens with zero attached hydrogens (tertiary/aromatic N) is 4. The number of Topliss-reactive ketones (excluding diaryl/α,β-unsaturated/α-hetero) is 1. The van der Waals surface area contributed by atoms with E-state index < -0.39 is 11.8 Å². The van der Waals surface area contributed by atoms with Crippen LogP contribution in [0.25, 0.3) is 20.8 Å². The number of piperidine rings is 1. The first-order valence-electron chi connectivity index (χ1n) is 15.7. The SMILES string of the molecule is CC(=O)OCC(=O)N(C)C1CCN(C(=O)c2ccc(-c3cc4nccc(Oc5ccc(CC(=O)CC6CC6)cc5F)c4s3)nc2)CC1. The Balaban J connectivity index is 1.08. The number of benzene rings is 1. The molecule has 0 unspecified atom stereocenters. The predicted molar refractivity (Wildman–Crippen MR) is 174 cm³/mol. The van der Waals surface area contributed by atoms with Gasteiger partial charge in [0.1, 0.15) is 11.5 Å². The number of aromatic nitrogens is 2. The summed E-state index contributed by atoms with van der Waals surface area (Å²) in [6, 6.07) is 11.7. The van der Waals surface area contributed by atoms with E-state index in [0.717, 1.165) is 22.4 Å². The molecule has 47 heavy (non-hydrogen) atoms. The van der Waals surface area contributed by atoms with Crippen LogP contribution in [0.1, 0.15) is 54.9 Å². The Morgan fingerprint density at radius 3 is 2.47 bits per heavy atom. The van der Waals surface area contributed by atoms with E-state index in [4.69, 9.17) is 9.47 Å². The van der Waals surface area contributed by atoms with Crippen LogP contribution in [-0.4, -0.2) is 76.1 Å². The number of ether oxygens (including phenoxy) is 2. The number of esters is 1. The summed E-state index contributed by atoms with van der Waals surface area (Å²) in [5.74, 6) is -0.287. The van der Waals surface area contributed by atoms with Gasteiger partial charge in [0.05, 0.1) is 26.4 Å². The molecular weight excluding hydrogens is 623 g/mol. The maximum atomic E-state index is 15.0. The molecule has 2 fully saturated rings. The summed E-state index contributed by atoms with van der Waals surface area (Å²) < 4.78 is 26.5. The Bertz CT molecular complexity index is 1810. The zero-order valence-corrected chi connectivity index (χ0v) is 27.1. The van der Waals surface area contributed by atoms with E-state index in [1.54, 1.807) is 59.6 Å². The number of hydrogen-bond acceptors (Lipinski definition) is 9. The number of thiophene rings is 1. The monoisotopic (exact) mass is 658 g/mol. The van der Waals surface area contributed by atoms with Gasteiger partial charge in [0.2, 0.25) is 0 Å². The Labute approximate surface area is 275 Å². The molecule has 10 nitrogen and oxygen atoms in total. The molecule has 4 heterocycles. The van der Waals surface area contributed by atoms with Crippen molar-refractivity contribution in [2.75, 3.05) is 26.7 Å². The number of hydrogen-bond donors (Lipinski definition) is 0. The molecule has 6 rings (SSSR count). The number of pyridine rings is 2. The van der Waals surface area contributed by atoms with E-state index in [1.165, 1.54) is 24.3 Å². The molecule has 0 bridgehead atoms. The van der Waals surface area contributed by atoms with Gasteiger partial charge >= 0.3 is 5.97 Å². The van der Waals surface area contributed by atoms with E-state index >= 15 is 0 Å². The fourth-order valence-electron chi connectivity index (χ4n) is 5.69. The van der Waals surface area contributed by atoms with Gasteiger partial charge < -0.3 is 19.3 Å². The third kappa shape index (κ3) is 7.82. The van der Waals surface area contributed by atoms with Gasteiger partial charge in [0, 0.05) is 64.4 Å². The summed E-state index contributed by atoms with van der Waals surface area (Å²) >= 11 is 1.41. The lowest BCUT2D eigenvalue weighted by molar-refractivity contribution is -0.150. The second kappa shape index (κ2) is 14.0. The normalized spacial score (nSPS) is 15.0. The molecule has 2 aliphatic rings. The number of likely N-dealkylation sites (tertiary alicyclic amines) is 1. The molecule has 2 amide bonds. The van der Waals surface area contributed by atoms with E-state index in [-0.39, 0.29) is 42.4 Å². The topological polar surface area (TPSA) is 119 Å². The van der Waals surface area contributed by atoms with Crippen molar-refractivity contribution in [2.24, 2.45) is 5.92 Å². The molecule has 244 valence electrons. The van der Waals surface area contributed by atoms with Crippen molar-refractivity contribution in [3.05, 3.63) is 71.8 Å². The Morgan fingerprint density at radius 1 is 1.00 bits per heavy atom. The van der Waals surface area contributed by atoms with Crippen LogP contribution < -0.4 is 4.74 Å². The average Bonchev–Trinajstić information content (AvgIpc) is 3.77. The molecule has 1 aliphatic carbocycles.